The first-order valence-corrected chi connectivity index (χ1v) is 9.73. The van der Waals surface area contributed by atoms with E-state index in [9.17, 15) is 4.79 Å². The second-order valence-corrected chi connectivity index (χ2v) is 7.34. The Morgan fingerprint density at radius 3 is 2.78 bits per heavy atom. The number of anilines is 1. The number of furan rings is 1. The van der Waals surface area contributed by atoms with Crippen LogP contribution in [0.25, 0.3) is 0 Å². The van der Waals surface area contributed by atoms with Crippen molar-refractivity contribution in [3.05, 3.63) is 54.0 Å². The van der Waals surface area contributed by atoms with Crippen molar-refractivity contribution in [3.63, 3.8) is 0 Å². The highest BCUT2D eigenvalue weighted by molar-refractivity contribution is 5.93. The molecule has 0 aliphatic carbocycles. The van der Waals surface area contributed by atoms with Gasteiger partial charge in [-0.3, -0.25) is 9.69 Å². The molecule has 6 heteroatoms. The number of benzene rings is 1. The molecule has 27 heavy (non-hydrogen) atoms. The molecule has 0 unspecified atom stereocenters. The molecule has 1 N–H and O–H groups in total. The van der Waals surface area contributed by atoms with Gasteiger partial charge in [-0.2, -0.15) is 0 Å². The Bertz CT molecular complexity index is 740. The van der Waals surface area contributed by atoms with Crippen LogP contribution in [0.5, 0.6) is 0 Å². The van der Waals surface area contributed by atoms with Gasteiger partial charge in [-0.1, -0.05) is 18.2 Å². The minimum absolute atomic E-state index is 0.0508. The zero-order valence-electron chi connectivity index (χ0n) is 15.6. The fourth-order valence-corrected chi connectivity index (χ4v) is 3.77. The SMILES string of the molecule is O=C(NC[C@@H]1CCN(c2ccccc2)C1)c1coc(CN2CCOCC2)c1. The van der Waals surface area contributed by atoms with E-state index in [1.807, 2.05) is 12.1 Å². The molecule has 2 aliphatic rings. The number of carbonyl (C=O) groups is 1. The van der Waals surface area contributed by atoms with Crippen LogP contribution in [-0.2, 0) is 11.3 Å². The lowest BCUT2D eigenvalue weighted by Gasteiger charge is -2.25. The molecule has 1 aromatic carbocycles. The van der Waals surface area contributed by atoms with Crippen molar-refractivity contribution in [2.75, 3.05) is 50.8 Å². The van der Waals surface area contributed by atoms with Crippen LogP contribution in [0, 0.1) is 5.92 Å². The van der Waals surface area contributed by atoms with Crippen LogP contribution in [0.15, 0.2) is 47.1 Å². The first kappa shape index (κ1) is 18.1. The molecule has 1 atom stereocenters. The average molecular weight is 369 g/mol. The molecule has 0 radical (unpaired) electrons. The maximum absolute atomic E-state index is 12.4. The van der Waals surface area contributed by atoms with Crippen LogP contribution in [-0.4, -0.2) is 56.7 Å². The van der Waals surface area contributed by atoms with Gasteiger partial charge in [0, 0.05) is 38.4 Å². The first-order valence-electron chi connectivity index (χ1n) is 9.73. The third-order valence-electron chi connectivity index (χ3n) is 5.36. The van der Waals surface area contributed by atoms with E-state index in [-0.39, 0.29) is 5.91 Å². The van der Waals surface area contributed by atoms with Gasteiger partial charge in [0.2, 0.25) is 0 Å². The summed E-state index contributed by atoms with van der Waals surface area (Å²) >= 11 is 0. The second-order valence-electron chi connectivity index (χ2n) is 7.34. The largest absolute Gasteiger partial charge is 0.467 e. The summed E-state index contributed by atoms with van der Waals surface area (Å²) in [5.41, 5.74) is 1.87. The lowest BCUT2D eigenvalue weighted by atomic mass is 10.1. The summed E-state index contributed by atoms with van der Waals surface area (Å²) in [6.07, 6.45) is 2.67. The standard InChI is InChI=1S/C21H27N3O3/c25-21(18-12-20(27-16-18)15-23-8-10-26-11-9-23)22-13-17-6-7-24(14-17)19-4-2-1-3-5-19/h1-5,12,16-17H,6-11,13-15H2,(H,22,25)/t17-/m0/s1. The van der Waals surface area contributed by atoms with Crippen molar-refractivity contribution in [2.45, 2.75) is 13.0 Å². The smallest absolute Gasteiger partial charge is 0.254 e. The normalized spacial score (nSPS) is 20.7. The Morgan fingerprint density at radius 1 is 1.15 bits per heavy atom. The van der Waals surface area contributed by atoms with Crippen LogP contribution in [0.1, 0.15) is 22.5 Å². The fraction of sp³-hybridized carbons (Fsp3) is 0.476. The van der Waals surface area contributed by atoms with E-state index in [4.69, 9.17) is 9.15 Å². The predicted octanol–water partition coefficient (Wildman–Crippen LogP) is 2.37. The molecule has 2 fully saturated rings. The minimum Gasteiger partial charge on any atom is -0.467 e. The molecule has 0 bridgehead atoms. The molecule has 144 valence electrons. The Kier molecular flexibility index (Phi) is 5.75. The third-order valence-corrected chi connectivity index (χ3v) is 5.36. The van der Waals surface area contributed by atoms with Crippen LogP contribution in [0.2, 0.25) is 0 Å². The number of ether oxygens (including phenoxy) is 1. The minimum atomic E-state index is -0.0508. The van der Waals surface area contributed by atoms with Gasteiger partial charge in [0.1, 0.15) is 12.0 Å². The van der Waals surface area contributed by atoms with Gasteiger partial charge in [0.25, 0.3) is 5.91 Å². The topological polar surface area (TPSA) is 58.0 Å². The number of amides is 1. The summed E-state index contributed by atoms with van der Waals surface area (Å²) in [5, 5.41) is 3.07. The van der Waals surface area contributed by atoms with E-state index in [0.29, 0.717) is 18.0 Å². The number of para-hydroxylation sites is 1. The molecule has 2 aliphatic heterocycles. The predicted molar refractivity (Wildman–Crippen MR) is 104 cm³/mol. The first-order chi connectivity index (χ1) is 13.3. The number of nitrogens with one attached hydrogen (secondary N) is 1. The Hall–Kier alpha value is -2.31. The highest BCUT2D eigenvalue weighted by Crippen LogP contribution is 2.23. The highest BCUT2D eigenvalue weighted by Gasteiger charge is 2.23. The molecule has 0 saturated carbocycles. The average Bonchev–Trinajstić information content (AvgIpc) is 3.37. The number of rotatable bonds is 6. The van der Waals surface area contributed by atoms with Crippen LogP contribution < -0.4 is 10.2 Å². The monoisotopic (exact) mass is 369 g/mol. The number of carbonyl (C=O) groups excluding carboxylic acids is 1. The Morgan fingerprint density at radius 2 is 1.96 bits per heavy atom. The maximum atomic E-state index is 12.4. The van der Waals surface area contributed by atoms with E-state index >= 15 is 0 Å². The van der Waals surface area contributed by atoms with Crippen molar-refractivity contribution >= 4 is 11.6 Å². The van der Waals surface area contributed by atoms with Crippen molar-refractivity contribution in [1.82, 2.24) is 10.2 Å². The van der Waals surface area contributed by atoms with Crippen molar-refractivity contribution in [3.8, 4) is 0 Å². The summed E-state index contributed by atoms with van der Waals surface area (Å²) in [4.78, 5) is 17.1. The molecule has 2 aromatic rings. The summed E-state index contributed by atoms with van der Waals surface area (Å²) in [6.45, 7) is 6.78. The van der Waals surface area contributed by atoms with Gasteiger partial charge in [-0.15, -0.1) is 0 Å². The Labute approximate surface area is 160 Å². The van der Waals surface area contributed by atoms with Crippen LogP contribution in [0.4, 0.5) is 5.69 Å². The fourth-order valence-electron chi connectivity index (χ4n) is 3.77. The van der Waals surface area contributed by atoms with Crippen molar-refractivity contribution in [1.29, 1.82) is 0 Å². The van der Waals surface area contributed by atoms with Gasteiger partial charge in [-0.05, 0) is 30.5 Å². The summed E-state index contributed by atoms with van der Waals surface area (Å²) < 4.78 is 10.9. The van der Waals surface area contributed by atoms with Gasteiger partial charge < -0.3 is 19.4 Å². The second kappa shape index (κ2) is 8.59. The van der Waals surface area contributed by atoms with Crippen LogP contribution in [0.3, 0.4) is 0 Å². The van der Waals surface area contributed by atoms with Gasteiger partial charge in [0.05, 0.1) is 25.3 Å². The molecular formula is C21H27N3O3. The van der Waals surface area contributed by atoms with Gasteiger partial charge in [-0.25, -0.2) is 0 Å². The van der Waals surface area contributed by atoms with E-state index in [1.165, 1.54) is 5.69 Å². The van der Waals surface area contributed by atoms with Crippen LogP contribution >= 0.6 is 0 Å². The van der Waals surface area contributed by atoms with Gasteiger partial charge >= 0.3 is 0 Å². The lowest BCUT2D eigenvalue weighted by molar-refractivity contribution is 0.0313. The van der Waals surface area contributed by atoms with E-state index in [2.05, 4.69) is 39.4 Å². The number of nitrogens with zero attached hydrogens (tertiary/aromatic N) is 2. The zero-order chi connectivity index (χ0) is 18.5. The third kappa shape index (κ3) is 4.70. The molecule has 3 heterocycles. The summed E-state index contributed by atoms with van der Waals surface area (Å²) in [7, 11) is 0. The molecule has 4 rings (SSSR count). The van der Waals surface area contributed by atoms with Crippen molar-refractivity contribution in [2.24, 2.45) is 5.92 Å². The number of morpholine rings is 1. The lowest BCUT2D eigenvalue weighted by Crippen LogP contribution is -2.35. The van der Waals surface area contributed by atoms with E-state index in [0.717, 1.165) is 58.1 Å². The maximum Gasteiger partial charge on any atom is 0.254 e. The highest BCUT2D eigenvalue weighted by atomic mass is 16.5. The molecule has 1 amide bonds. The van der Waals surface area contributed by atoms with Crippen molar-refractivity contribution < 1.29 is 13.9 Å². The summed E-state index contributed by atoms with van der Waals surface area (Å²) in [6, 6.07) is 12.3. The number of hydrogen-bond donors (Lipinski definition) is 1. The molecule has 0 spiro atoms. The Balaban J connectivity index is 1.24. The quantitative estimate of drug-likeness (QED) is 0.847. The molecular weight excluding hydrogens is 342 g/mol. The molecule has 2 saturated heterocycles. The number of hydrogen-bond acceptors (Lipinski definition) is 5. The molecule has 6 nitrogen and oxygen atoms in total. The van der Waals surface area contributed by atoms with E-state index in [1.54, 1.807) is 6.26 Å². The van der Waals surface area contributed by atoms with E-state index < -0.39 is 0 Å². The van der Waals surface area contributed by atoms with Gasteiger partial charge in [0.15, 0.2) is 0 Å². The zero-order valence-corrected chi connectivity index (χ0v) is 15.6. The summed E-state index contributed by atoms with van der Waals surface area (Å²) in [5.74, 6) is 1.26. The molecule has 1 aromatic heterocycles.